The molecule has 2 unspecified atom stereocenters. The van der Waals surface area contributed by atoms with Gasteiger partial charge in [-0.1, -0.05) is 19.3 Å². The molecular weight excluding hydrogens is 196 g/mol. The summed E-state index contributed by atoms with van der Waals surface area (Å²) < 4.78 is 5.11. The SMILES string of the molecule is O=C(O)C1(CC2CCC2)CCOCC1O. The molecule has 0 aromatic heterocycles. The van der Waals surface area contributed by atoms with E-state index in [1.807, 2.05) is 0 Å². The predicted octanol–water partition coefficient (Wildman–Crippen LogP) is 1.03. The molecule has 1 aliphatic carbocycles. The van der Waals surface area contributed by atoms with Crippen molar-refractivity contribution in [2.24, 2.45) is 11.3 Å². The van der Waals surface area contributed by atoms with Crippen LogP contribution in [0.15, 0.2) is 0 Å². The molecule has 1 heterocycles. The van der Waals surface area contributed by atoms with Crippen molar-refractivity contribution in [2.75, 3.05) is 13.2 Å². The van der Waals surface area contributed by atoms with Gasteiger partial charge in [0.1, 0.15) is 0 Å². The molecule has 0 aromatic carbocycles. The summed E-state index contributed by atoms with van der Waals surface area (Å²) in [6, 6.07) is 0. The van der Waals surface area contributed by atoms with E-state index in [0.717, 1.165) is 12.8 Å². The molecule has 0 spiro atoms. The Hall–Kier alpha value is -0.610. The highest BCUT2D eigenvalue weighted by Gasteiger charge is 2.49. The molecule has 0 bridgehead atoms. The summed E-state index contributed by atoms with van der Waals surface area (Å²) in [5.41, 5.74) is -0.941. The third-order valence-corrected chi connectivity index (χ3v) is 3.91. The molecule has 2 N–H and O–H groups in total. The molecule has 0 amide bonds. The number of carbonyl (C=O) groups is 1. The number of carboxylic acids is 1. The van der Waals surface area contributed by atoms with Crippen molar-refractivity contribution in [3.63, 3.8) is 0 Å². The molecule has 2 fully saturated rings. The van der Waals surface area contributed by atoms with Gasteiger partial charge in [-0.25, -0.2) is 0 Å². The number of aliphatic hydroxyl groups excluding tert-OH is 1. The maximum Gasteiger partial charge on any atom is 0.312 e. The lowest BCUT2D eigenvalue weighted by atomic mass is 9.67. The fourth-order valence-corrected chi connectivity index (χ4v) is 2.56. The molecule has 2 aliphatic rings. The van der Waals surface area contributed by atoms with Crippen LogP contribution in [0.1, 0.15) is 32.1 Å². The van der Waals surface area contributed by atoms with Crippen molar-refractivity contribution < 1.29 is 19.7 Å². The van der Waals surface area contributed by atoms with Gasteiger partial charge in [0.2, 0.25) is 0 Å². The molecule has 0 radical (unpaired) electrons. The Labute approximate surface area is 89.2 Å². The van der Waals surface area contributed by atoms with Crippen molar-refractivity contribution in [1.29, 1.82) is 0 Å². The lowest BCUT2D eigenvalue weighted by molar-refractivity contribution is -0.174. The second-order valence-electron chi connectivity index (χ2n) is 4.80. The average Bonchev–Trinajstić information content (AvgIpc) is 2.14. The minimum atomic E-state index is -0.941. The Morgan fingerprint density at radius 3 is 2.67 bits per heavy atom. The molecule has 0 aromatic rings. The lowest BCUT2D eigenvalue weighted by Gasteiger charge is -2.41. The van der Waals surface area contributed by atoms with Gasteiger partial charge in [0, 0.05) is 6.61 Å². The normalized spacial score (nSPS) is 37.3. The van der Waals surface area contributed by atoms with Gasteiger partial charge < -0.3 is 14.9 Å². The summed E-state index contributed by atoms with van der Waals surface area (Å²) in [6.07, 6.45) is 3.65. The van der Waals surface area contributed by atoms with Crippen LogP contribution in [0.2, 0.25) is 0 Å². The van der Waals surface area contributed by atoms with Gasteiger partial charge in [-0.3, -0.25) is 4.79 Å². The minimum absolute atomic E-state index is 0.166. The molecule has 2 rings (SSSR count). The molecule has 4 nitrogen and oxygen atoms in total. The van der Waals surface area contributed by atoms with Gasteiger partial charge in [0.05, 0.1) is 18.1 Å². The van der Waals surface area contributed by atoms with Crippen LogP contribution in [-0.2, 0) is 9.53 Å². The van der Waals surface area contributed by atoms with E-state index in [0.29, 0.717) is 25.4 Å². The van der Waals surface area contributed by atoms with Gasteiger partial charge in [-0.2, -0.15) is 0 Å². The van der Waals surface area contributed by atoms with Crippen LogP contribution >= 0.6 is 0 Å². The van der Waals surface area contributed by atoms with E-state index in [9.17, 15) is 15.0 Å². The first-order chi connectivity index (χ1) is 7.15. The zero-order valence-electron chi connectivity index (χ0n) is 8.82. The number of carboxylic acid groups (broad SMARTS) is 1. The van der Waals surface area contributed by atoms with Crippen molar-refractivity contribution >= 4 is 5.97 Å². The average molecular weight is 214 g/mol. The van der Waals surface area contributed by atoms with E-state index < -0.39 is 17.5 Å². The van der Waals surface area contributed by atoms with Crippen LogP contribution in [-0.4, -0.2) is 35.5 Å². The van der Waals surface area contributed by atoms with Gasteiger partial charge in [-0.05, 0) is 18.8 Å². The summed E-state index contributed by atoms with van der Waals surface area (Å²) in [7, 11) is 0. The molecule has 1 aliphatic heterocycles. The van der Waals surface area contributed by atoms with E-state index in [2.05, 4.69) is 0 Å². The summed E-state index contributed by atoms with van der Waals surface area (Å²) in [5.74, 6) is -0.362. The molecule has 15 heavy (non-hydrogen) atoms. The van der Waals surface area contributed by atoms with Gasteiger partial charge in [0.15, 0.2) is 0 Å². The lowest BCUT2D eigenvalue weighted by Crippen LogP contribution is -2.50. The smallest absolute Gasteiger partial charge is 0.312 e. The van der Waals surface area contributed by atoms with Crippen LogP contribution in [0, 0.1) is 11.3 Å². The third-order valence-electron chi connectivity index (χ3n) is 3.91. The van der Waals surface area contributed by atoms with Crippen molar-refractivity contribution in [2.45, 2.75) is 38.2 Å². The van der Waals surface area contributed by atoms with Gasteiger partial charge in [0.25, 0.3) is 0 Å². The quantitative estimate of drug-likeness (QED) is 0.736. The molecule has 1 saturated heterocycles. The Morgan fingerprint density at radius 2 is 2.20 bits per heavy atom. The Morgan fingerprint density at radius 1 is 1.47 bits per heavy atom. The predicted molar refractivity (Wildman–Crippen MR) is 53.5 cm³/mol. The first kappa shape index (κ1) is 10.9. The summed E-state index contributed by atoms with van der Waals surface area (Å²) in [5, 5.41) is 19.2. The second kappa shape index (κ2) is 4.10. The number of ether oxygens (including phenoxy) is 1. The molecule has 86 valence electrons. The highest BCUT2D eigenvalue weighted by molar-refractivity contribution is 5.75. The summed E-state index contributed by atoms with van der Waals surface area (Å²) >= 11 is 0. The number of aliphatic hydroxyl groups is 1. The second-order valence-corrected chi connectivity index (χ2v) is 4.80. The van der Waals surface area contributed by atoms with Crippen LogP contribution in [0.3, 0.4) is 0 Å². The fraction of sp³-hybridized carbons (Fsp3) is 0.909. The largest absolute Gasteiger partial charge is 0.481 e. The minimum Gasteiger partial charge on any atom is -0.481 e. The number of hydrogen-bond acceptors (Lipinski definition) is 3. The van der Waals surface area contributed by atoms with E-state index in [-0.39, 0.29) is 6.61 Å². The Bertz CT molecular complexity index is 249. The molecular formula is C11H18O4. The molecule has 1 saturated carbocycles. The van der Waals surface area contributed by atoms with Crippen molar-refractivity contribution in [3.05, 3.63) is 0 Å². The van der Waals surface area contributed by atoms with Crippen LogP contribution < -0.4 is 0 Å². The van der Waals surface area contributed by atoms with Crippen molar-refractivity contribution in [1.82, 2.24) is 0 Å². The highest BCUT2D eigenvalue weighted by Crippen LogP contribution is 2.43. The van der Waals surface area contributed by atoms with E-state index in [4.69, 9.17) is 4.74 Å². The number of rotatable bonds is 3. The van der Waals surface area contributed by atoms with Crippen molar-refractivity contribution in [3.8, 4) is 0 Å². The Kier molecular flexibility index (Phi) is 2.98. The zero-order valence-corrected chi connectivity index (χ0v) is 8.82. The summed E-state index contributed by atoms with van der Waals surface area (Å²) in [4.78, 5) is 11.3. The highest BCUT2D eigenvalue weighted by atomic mass is 16.5. The maximum atomic E-state index is 11.3. The first-order valence-corrected chi connectivity index (χ1v) is 5.64. The van der Waals surface area contributed by atoms with Crippen LogP contribution in [0.5, 0.6) is 0 Å². The Balaban J connectivity index is 2.09. The zero-order chi connectivity index (χ0) is 10.9. The first-order valence-electron chi connectivity index (χ1n) is 5.64. The fourth-order valence-electron chi connectivity index (χ4n) is 2.56. The molecule has 4 heteroatoms. The van der Waals surface area contributed by atoms with Crippen LogP contribution in [0.4, 0.5) is 0 Å². The topological polar surface area (TPSA) is 66.8 Å². The van der Waals surface area contributed by atoms with Crippen LogP contribution in [0.25, 0.3) is 0 Å². The third kappa shape index (κ3) is 1.88. The monoisotopic (exact) mass is 214 g/mol. The van der Waals surface area contributed by atoms with E-state index in [1.54, 1.807) is 0 Å². The van der Waals surface area contributed by atoms with E-state index >= 15 is 0 Å². The summed E-state index contributed by atoms with van der Waals surface area (Å²) in [6.45, 7) is 0.620. The number of hydrogen-bond donors (Lipinski definition) is 2. The molecule has 2 atom stereocenters. The maximum absolute atomic E-state index is 11.3. The number of aliphatic carboxylic acids is 1. The van der Waals surface area contributed by atoms with E-state index in [1.165, 1.54) is 6.42 Å². The van der Waals surface area contributed by atoms with Gasteiger partial charge in [-0.15, -0.1) is 0 Å². The standard InChI is InChI=1S/C11H18O4/c12-9-7-15-5-4-11(9,10(13)14)6-8-2-1-3-8/h8-9,12H,1-7H2,(H,13,14). The van der Waals surface area contributed by atoms with Gasteiger partial charge >= 0.3 is 5.97 Å².